The molecule has 0 aromatic heterocycles. The van der Waals surface area contributed by atoms with Gasteiger partial charge in [-0.15, -0.1) is 0 Å². The van der Waals surface area contributed by atoms with E-state index in [9.17, 15) is 39.4 Å². The molecular weight excluding hydrogens is 652 g/mol. The van der Waals surface area contributed by atoms with Crippen molar-refractivity contribution in [3.05, 3.63) is 140 Å². The Labute approximate surface area is 283 Å². The second kappa shape index (κ2) is 17.7. The minimum atomic E-state index is -0.697. The standard InChI is InChI=1S/C34H28N6O10/c41-31(37-35-21-23-5-3-7-29(19-23)49-33(43)25-11-15-27(16-12-25)39(45)46)9-1-2-10-32(42)38-36-22-24-6-4-8-30(20-24)50-34(44)26-13-17-28(18-14-26)40(47)48/h3-8,11-22H,1-2,9-10H2,(H,37,41)(H,38,42). The fourth-order valence-electron chi connectivity index (χ4n) is 4.13. The molecule has 0 radical (unpaired) electrons. The van der Waals surface area contributed by atoms with Crippen LogP contribution in [0.25, 0.3) is 0 Å². The Bertz CT molecular complexity index is 1800. The maximum absolute atomic E-state index is 12.3. The molecule has 0 atom stereocenters. The molecule has 0 aliphatic carbocycles. The Morgan fingerprint density at radius 3 is 1.34 bits per heavy atom. The first-order valence-electron chi connectivity index (χ1n) is 14.8. The minimum absolute atomic E-state index is 0.117. The van der Waals surface area contributed by atoms with Gasteiger partial charge in [-0.05, 0) is 72.5 Å². The van der Waals surface area contributed by atoms with Crippen LogP contribution in [0.4, 0.5) is 11.4 Å². The van der Waals surface area contributed by atoms with Gasteiger partial charge in [0.1, 0.15) is 11.5 Å². The second-order valence-corrected chi connectivity index (χ2v) is 10.3. The fourth-order valence-corrected chi connectivity index (χ4v) is 4.13. The molecular formula is C34H28N6O10. The predicted molar refractivity (Wildman–Crippen MR) is 179 cm³/mol. The summed E-state index contributed by atoms with van der Waals surface area (Å²) in [6.07, 6.45) is 3.79. The molecule has 0 heterocycles. The van der Waals surface area contributed by atoms with Crippen LogP contribution >= 0.6 is 0 Å². The van der Waals surface area contributed by atoms with Crippen LogP contribution in [0, 0.1) is 20.2 Å². The van der Waals surface area contributed by atoms with Gasteiger partial charge in [0.25, 0.3) is 11.4 Å². The molecule has 2 amide bonds. The van der Waals surface area contributed by atoms with E-state index in [1.165, 1.54) is 73.1 Å². The lowest BCUT2D eigenvalue weighted by molar-refractivity contribution is -0.385. The van der Waals surface area contributed by atoms with Gasteiger partial charge in [0, 0.05) is 37.1 Å². The van der Waals surface area contributed by atoms with E-state index in [1.54, 1.807) is 36.4 Å². The van der Waals surface area contributed by atoms with Gasteiger partial charge >= 0.3 is 11.9 Å². The highest BCUT2D eigenvalue weighted by Gasteiger charge is 2.13. The molecule has 0 fully saturated rings. The van der Waals surface area contributed by atoms with Gasteiger partial charge in [-0.3, -0.25) is 29.8 Å². The number of non-ortho nitro benzene ring substituents is 2. The summed E-state index contributed by atoms with van der Waals surface area (Å²) in [4.78, 5) is 69.4. The molecule has 0 spiro atoms. The zero-order valence-electron chi connectivity index (χ0n) is 26.1. The largest absolute Gasteiger partial charge is 0.423 e. The molecule has 50 heavy (non-hydrogen) atoms. The highest BCUT2D eigenvalue weighted by atomic mass is 16.6. The SMILES string of the molecule is O=C(CCCCC(=O)NN=Cc1cccc(OC(=O)c2ccc([N+](=O)[O-])cc2)c1)NN=Cc1cccc(OC(=O)c2ccc([N+](=O)[O-])cc2)c1. The lowest BCUT2D eigenvalue weighted by Crippen LogP contribution is -2.19. The van der Waals surface area contributed by atoms with Gasteiger partial charge in [0.15, 0.2) is 0 Å². The van der Waals surface area contributed by atoms with Crippen molar-refractivity contribution in [1.82, 2.24) is 10.9 Å². The summed E-state index contributed by atoms with van der Waals surface area (Å²) in [6, 6.07) is 22.7. The zero-order valence-corrected chi connectivity index (χ0v) is 26.1. The smallest absolute Gasteiger partial charge is 0.343 e. The molecule has 0 saturated heterocycles. The van der Waals surface area contributed by atoms with Gasteiger partial charge in [-0.2, -0.15) is 10.2 Å². The number of hydrazone groups is 2. The molecule has 2 N–H and O–H groups in total. The third kappa shape index (κ3) is 11.3. The summed E-state index contributed by atoms with van der Waals surface area (Å²) in [5.41, 5.74) is 5.83. The quantitative estimate of drug-likeness (QED) is 0.0422. The van der Waals surface area contributed by atoms with Crippen LogP contribution in [0.3, 0.4) is 0 Å². The maximum Gasteiger partial charge on any atom is 0.343 e. The zero-order chi connectivity index (χ0) is 35.9. The summed E-state index contributed by atoms with van der Waals surface area (Å²) in [5, 5.41) is 29.4. The van der Waals surface area contributed by atoms with Gasteiger partial charge in [-0.1, -0.05) is 24.3 Å². The monoisotopic (exact) mass is 680 g/mol. The Balaban J connectivity index is 1.13. The molecule has 254 valence electrons. The number of ether oxygens (including phenoxy) is 2. The van der Waals surface area contributed by atoms with E-state index in [4.69, 9.17) is 9.47 Å². The van der Waals surface area contributed by atoms with Crippen molar-refractivity contribution < 1.29 is 38.5 Å². The molecule has 4 aromatic rings. The molecule has 4 aromatic carbocycles. The summed E-state index contributed by atoms with van der Waals surface area (Å²) >= 11 is 0. The number of hydrogen-bond acceptors (Lipinski definition) is 12. The first kappa shape index (κ1) is 35.7. The molecule has 0 aliphatic rings. The van der Waals surface area contributed by atoms with Crippen molar-refractivity contribution in [1.29, 1.82) is 0 Å². The van der Waals surface area contributed by atoms with Crippen LogP contribution in [0.15, 0.2) is 107 Å². The maximum atomic E-state index is 12.3. The summed E-state index contributed by atoms with van der Waals surface area (Å²) in [5.74, 6) is -1.71. The number of hydrogen-bond donors (Lipinski definition) is 2. The molecule has 0 unspecified atom stereocenters. The fraction of sp³-hybridized carbons (Fsp3) is 0.118. The van der Waals surface area contributed by atoms with Crippen molar-refractivity contribution >= 4 is 47.6 Å². The Kier molecular flexibility index (Phi) is 12.7. The molecule has 4 rings (SSSR count). The highest BCUT2D eigenvalue weighted by Crippen LogP contribution is 2.18. The van der Waals surface area contributed by atoms with Gasteiger partial charge in [-0.25, -0.2) is 20.4 Å². The Hall–Kier alpha value is -7.10. The normalized spacial score (nSPS) is 10.8. The van der Waals surface area contributed by atoms with E-state index in [-0.39, 0.29) is 58.7 Å². The van der Waals surface area contributed by atoms with Crippen molar-refractivity contribution in [2.45, 2.75) is 25.7 Å². The number of nitro groups is 2. The van der Waals surface area contributed by atoms with Crippen molar-refractivity contribution in [3.63, 3.8) is 0 Å². The number of benzene rings is 4. The van der Waals surface area contributed by atoms with Crippen molar-refractivity contribution in [2.24, 2.45) is 10.2 Å². The molecule has 0 aliphatic heterocycles. The summed E-state index contributed by atoms with van der Waals surface area (Å²) in [7, 11) is 0. The van der Waals surface area contributed by atoms with Gasteiger partial charge in [0.2, 0.25) is 11.8 Å². The lowest BCUT2D eigenvalue weighted by atomic mass is 10.2. The van der Waals surface area contributed by atoms with E-state index < -0.39 is 21.8 Å². The van der Waals surface area contributed by atoms with Gasteiger partial charge in [0.05, 0.1) is 33.4 Å². The molecule has 0 bridgehead atoms. The van der Waals surface area contributed by atoms with E-state index >= 15 is 0 Å². The average Bonchev–Trinajstić information content (AvgIpc) is 3.10. The van der Waals surface area contributed by atoms with Crippen LogP contribution in [0.2, 0.25) is 0 Å². The molecule has 0 saturated carbocycles. The van der Waals surface area contributed by atoms with E-state index in [0.717, 1.165) is 0 Å². The first-order chi connectivity index (χ1) is 24.1. The number of nitro benzene ring substituents is 2. The molecule has 16 heteroatoms. The van der Waals surface area contributed by atoms with E-state index in [2.05, 4.69) is 21.1 Å². The number of nitrogens with one attached hydrogen (secondary N) is 2. The van der Waals surface area contributed by atoms with Crippen LogP contribution in [0.5, 0.6) is 11.5 Å². The van der Waals surface area contributed by atoms with Crippen molar-refractivity contribution in [2.75, 3.05) is 0 Å². The number of carbonyl (C=O) groups is 4. The minimum Gasteiger partial charge on any atom is -0.423 e. The van der Waals surface area contributed by atoms with E-state index in [0.29, 0.717) is 24.0 Å². The Morgan fingerprint density at radius 2 is 0.980 bits per heavy atom. The highest BCUT2D eigenvalue weighted by molar-refractivity contribution is 5.92. The summed E-state index contributed by atoms with van der Waals surface area (Å²) < 4.78 is 10.6. The van der Waals surface area contributed by atoms with Crippen molar-refractivity contribution in [3.8, 4) is 11.5 Å². The lowest BCUT2D eigenvalue weighted by Gasteiger charge is -2.05. The predicted octanol–water partition coefficient (Wildman–Crippen LogP) is 5.10. The number of esters is 2. The number of unbranched alkanes of at least 4 members (excludes halogenated alkanes) is 1. The second-order valence-electron chi connectivity index (χ2n) is 10.3. The number of nitrogens with zero attached hydrogens (tertiary/aromatic N) is 4. The first-order valence-corrected chi connectivity index (χ1v) is 14.8. The number of amides is 2. The van der Waals surface area contributed by atoms with E-state index in [1.807, 2.05) is 0 Å². The topological polar surface area (TPSA) is 222 Å². The number of carbonyl (C=O) groups excluding carboxylic acids is 4. The van der Waals surface area contributed by atoms with Crippen LogP contribution in [0.1, 0.15) is 57.5 Å². The third-order valence-electron chi connectivity index (χ3n) is 6.63. The van der Waals surface area contributed by atoms with Gasteiger partial charge < -0.3 is 9.47 Å². The summed E-state index contributed by atoms with van der Waals surface area (Å²) in [6.45, 7) is 0. The third-order valence-corrected chi connectivity index (χ3v) is 6.63. The Morgan fingerprint density at radius 1 is 0.600 bits per heavy atom. The molecule has 16 nitrogen and oxygen atoms in total. The number of rotatable bonds is 15. The average molecular weight is 681 g/mol. The van der Waals surface area contributed by atoms with Crippen LogP contribution in [-0.4, -0.2) is 46.0 Å². The van der Waals surface area contributed by atoms with Crippen LogP contribution in [-0.2, 0) is 9.59 Å². The van der Waals surface area contributed by atoms with Crippen LogP contribution < -0.4 is 20.3 Å².